The van der Waals surface area contributed by atoms with Crippen LogP contribution in [0.3, 0.4) is 0 Å². The number of aliphatic carboxylic acids is 1. The minimum absolute atomic E-state index is 0.0102. The van der Waals surface area contributed by atoms with Gasteiger partial charge in [-0.3, -0.25) is 9.59 Å². The van der Waals surface area contributed by atoms with Crippen molar-refractivity contribution in [1.82, 2.24) is 9.21 Å². The SMILES string of the molecule is Cc1ccc(S(=O)(=O)N2C(C)CN(C(=O)Cc3ccc(OC(F)(F)F)cc3)C[C@@H]2C)cc1CC(=O)O. The molecule has 1 amide bonds. The summed E-state index contributed by atoms with van der Waals surface area (Å²) in [6, 6.07) is 8.28. The number of amides is 1. The molecule has 1 N–H and O–H groups in total. The topological polar surface area (TPSA) is 104 Å². The number of carboxylic acids is 1. The highest BCUT2D eigenvalue weighted by Crippen LogP contribution is 2.28. The van der Waals surface area contributed by atoms with E-state index in [4.69, 9.17) is 5.11 Å². The first-order chi connectivity index (χ1) is 16.7. The van der Waals surface area contributed by atoms with Crippen molar-refractivity contribution >= 4 is 21.9 Å². The zero-order chi connectivity index (χ0) is 26.8. The van der Waals surface area contributed by atoms with Crippen LogP contribution in [0.5, 0.6) is 5.75 Å². The summed E-state index contributed by atoms with van der Waals surface area (Å²) < 4.78 is 69.0. The molecule has 36 heavy (non-hydrogen) atoms. The van der Waals surface area contributed by atoms with Crippen molar-refractivity contribution < 1.29 is 41.0 Å². The van der Waals surface area contributed by atoms with Crippen LogP contribution in [0.2, 0.25) is 0 Å². The molecule has 2 aromatic carbocycles. The number of carbonyl (C=O) groups excluding carboxylic acids is 1. The van der Waals surface area contributed by atoms with Crippen molar-refractivity contribution in [3.63, 3.8) is 0 Å². The molecule has 1 heterocycles. The molecule has 196 valence electrons. The summed E-state index contributed by atoms with van der Waals surface area (Å²) in [6.07, 6.45) is -5.17. The first-order valence-electron chi connectivity index (χ1n) is 11.1. The zero-order valence-electron chi connectivity index (χ0n) is 19.9. The van der Waals surface area contributed by atoms with Gasteiger partial charge in [-0.15, -0.1) is 13.2 Å². The van der Waals surface area contributed by atoms with Gasteiger partial charge in [-0.25, -0.2) is 8.42 Å². The zero-order valence-corrected chi connectivity index (χ0v) is 20.8. The number of piperazine rings is 1. The molecule has 1 unspecified atom stereocenters. The molecule has 2 aromatic rings. The molecule has 0 radical (unpaired) electrons. The van der Waals surface area contributed by atoms with E-state index in [1.54, 1.807) is 26.8 Å². The maximum absolute atomic E-state index is 13.4. The Balaban J connectivity index is 1.71. The Bertz CT molecular complexity index is 1220. The van der Waals surface area contributed by atoms with Gasteiger partial charge in [0.1, 0.15) is 5.75 Å². The highest BCUT2D eigenvalue weighted by Gasteiger charge is 2.40. The minimum Gasteiger partial charge on any atom is -0.481 e. The molecule has 1 aliphatic heterocycles. The van der Waals surface area contributed by atoms with E-state index in [1.165, 1.54) is 33.5 Å². The van der Waals surface area contributed by atoms with Crippen LogP contribution in [-0.4, -0.2) is 66.1 Å². The van der Waals surface area contributed by atoms with Crippen molar-refractivity contribution in [3.8, 4) is 5.75 Å². The molecule has 12 heteroatoms. The number of alkyl halides is 3. The van der Waals surface area contributed by atoms with E-state index in [0.29, 0.717) is 16.7 Å². The average molecular weight is 529 g/mol. The number of benzene rings is 2. The molecule has 1 fully saturated rings. The molecule has 1 aliphatic rings. The lowest BCUT2D eigenvalue weighted by Crippen LogP contribution is -2.59. The Morgan fingerprint density at radius 1 is 1.03 bits per heavy atom. The summed E-state index contributed by atoms with van der Waals surface area (Å²) in [4.78, 5) is 25.5. The second-order valence-electron chi connectivity index (χ2n) is 8.86. The van der Waals surface area contributed by atoms with Crippen LogP contribution in [-0.2, 0) is 32.5 Å². The third-order valence-corrected chi connectivity index (χ3v) is 8.07. The molecule has 0 saturated carbocycles. The molecule has 0 spiro atoms. The second kappa shape index (κ2) is 10.5. The summed E-state index contributed by atoms with van der Waals surface area (Å²) in [6.45, 7) is 5.34. The number of halogens is 3. The summed E-state index contributed by atoms with van der Waals surface area (Å²) >= 11 is 0. The smallest absolute Gasteiger partial charge is 0.481 e. The molecule has 0 aliphatic carbocycles. The number of hydrogen-bond donors (Lipinski definition) is 1. The number of sulfonamides is 1. The quantitative estimate of drug-likeness (QED) is 0.591. The van der Waals surface area contributed by atoms with Gasteiger partial charge in [-0.2, -0.15) is 4.31 Å². The number of aryl methyl sites for hydroxylation is 1. The average Bonchev–Trinajstić information content (AvgIpc) is 2.74. The van der Waals surface area contributed by atoms with Crippen LogP contribution >= 0.6 is 0 Å². The van der Waals surface area contributed by atoms with Gasteiger partial charge in [0.05, 0.1) is 17.7 Å². The Hall–Kier alpha value is -3.12. The molecule has 0 bridgehead atoms. The monoisotopic (exact) mass is 528 g/mol. The fourth-order valence-corrected chi connectivity index (χ4v) is 6.22. The molecule has 8 nitrogen and oxygen atoms in total. The van der Waals surface area contributed by atoms with Gasteiger partial charge in [0.15, 0.2) is 0 Å². The number of ether oxygens (including phenoxy) is 1. The number of hydrogen-bond acceptors (Lipinski definition) is 5. The van der Waals surface area contributed by atoms with Crippen LogP contribution in [0, 0.1) is 6.92 Å². The van der Waals surface area contributed by atoms with E-state index in [2.05, 4.69) is 4.74 Å². The largest absolute Gasteiger partial charge is 0.573 e. The first kappa shape index (κ1) is 27.5. The van der Waals surface area contributed by atoms with Crippen LogP contribution in [0.1, 0.15) is 30.5 Å². The van der Waals surface area contributed by atoms with Crippen molar-refractivity contribution in [2.24, 2.45) is 0 Å². The lowest BCUT2D eigenvalue weighted by Gasteiger charge is -2.43. The number of carbonyl (C=O) groups is 2. The van der Waals surface area contributed by atoms with Gasteiger partial charge >= 0.3 is 12.3 Å². The van der Waals surface area contributed by atoms with Crippen molar-refractivity contribution in [2.75, 3.05) is 13.1 Å². The van der Waals surface area contributed by atoms with Crippen molar-refractivity contribution in [3.05, 3.63) is 59.2 Å². The highest BCUT2D eigenvalue weighted by atomic mass is 32.2. The maximum Gasteiger partial charge on any atom is 0.573 e. The summed E-state index contributed by atoms with van der Waals surface area (Å²) in [5.74, 6) is -1.74. The fraction of sp³-hybridized carbons (Fsp3) is 0.417. The number of nitrogens with zero attached hydrogens (tertiary/aromatic N) is 2. The second-order valence-corrected chi connectivity index (χ2v) is 10.7. The van der Waals surface area contributed by atoms with E-state index in [1.807, 2.05) is 0 Å². The van der Waals surface area contributed by atoms with Gasteiger partial charge < -0.3 is 14.7 Å². The molecule has 1 saturated heterocycles. The first-order valence-corrected chi connectivity index (χ1v) is 12.6. The maximum atomic E-state index is 13.4. The van der Waals surface area contributed by atoms with E-state index >= 15 is 0 Å². The van der Waals surface area contributed by atoms with E-state index in [9.17, 15) is 31.2 Å². The van der Waals surface area contributed by atoms with Gasteiger partial charge in [-0.1, -0.05) is 18.2 Å². The van der Waals surface area contributed by atoms with Crippen LogP contribution in [0.25, 0.3) is 0 Å². The van der Waals surface area contributed by atoms with E-state index in [0.717, 1.165) is 12.1 Å². The molecule has 2 atom stereocenters. The third kappa shape index (κ3) is 6.55. The Kier molecular flexibility index (Phi) is 7.99. The molecule has 0 aromatic heterocycles. The fourth-order valence-electron chi connectivity index (χ4n) is 4.36. The Morgan fingerprint density at radius 3 is 2.14 bits per heavy atom. The predicted octanol–water partition coefficient (Wildman–Crippen LogP) is 3.37. The normalized spacial score (nSPS) is 19.2. The molecular weight excluding hydrogens is 501 g/mol. The highest BCUT2D eigenvalue weighted by molar-refractivity contribution is 7.89. The summed E-state index contributed by atoms with van der Waals surface area (Å²) in [5, 5.41) is 9.11. The standard InChI is InChI=1S/C24H27F3N2O6S/c1-15-4-9-21(11-19(15)12-23(31)32)36(33,34)29-16(2)13-28(14-17(29)3)22(30)10-18-5-7-20(8-6-18)35-24(25,26)27/h4-9,11,16-17H,10,12-14H2,1-3H3,(H,31,32)/t16-,17?/m0/s1. The van der Waals surface area contributed by atoms with Gasteiger partial charge in [-0.05, 0) is 61.7 Å². The van der Waals surface area contributed by atoms with Crippen LogP contribution < -0.4 is 4.74 Å². The third-order valence-electron chi connectivity index (χ3n) is 5.94. The summed E-state index contributed by atoms with van der Waals surface area (Å²) in [7, 11) is -3.97. The molecular formula is C24H27F3N2O6S. The lowest BCUT2D eigenvalue weighted by molar-refractivity contribution is -0.274. The number of carboxylic acid groups (broad SMARTS) is 1. The number of rotatable bonds is 7. The van der Waals surface area contributed by atoms with E-state index < -0.39 is 34.4 Å². The van der Waals surface area contributed by atoms with Crippen molar-refractivity contribution in [1.29, 1.82) is 0 Å². The van der Waals surface area contributed by atoms with Gasteiger partial charge in [0.25, 0.3) is 0 Å². The van der Waals surface area contributed by atoms with E-state index in [-0.39, 0.29) is 42.5 Å². The van der Waals surface area contributed by atoms with Crippen LogP contribution in [0.4, 0.5) is 13.2 Å². The van der Waals surface area contributed by atoms with Crippen molar-refractivity contribution in [2.45, 2.75) is 57.0 Å². The Morgan fingerprint density at radius 2 is 1.61 bits per heavy atom. The Labute approximate surface area is 207 Å². The summed E-state index contributed by atoms with van der Waals surface area (Å²) in [5.41, 5.74) is 1.57. The lowest BCUT2D eigenvalue weighted by atomic mass is 10.1. The minimum atomic E-state index is -4.81. The van der Waals surface area contributed by atoms with Gasteiger partial charge in [0, 0.05) is 25.2 Å². The predicted molar refractivity (Wildman–Crippen MR) is 124 cm³/mol. The van der Waals surface area contributed by atoms with Crippen LogP contribution in [0.15, 0.2) is 47.4 Å². The van der Waals surface area contributed by atoms with Gasteiger partial charge in [0.2, 0.25) is 15.9 Å². The molecule has 3 rings (SSSR count).